The number of hydrogen-bond donors (Lipinski definition) is 1. The van der Waals surface area contributed by atoms with E-state index < -0.39 is 16.4 Å². The molecule has 2 aliphatic rings. The molecule has 0 unspecified atom stereocenters. The first-order chi connectivity index (χ1) is 15.8. The molecule has 0 aliphatic carbocycles. The van der Waals surface area contributed by atoms with E-state index in [9.17, 15) is 19.7 Å². The fourth-order valence-electron chi connectivity index (χ4n) is 5.24. The fourth-order valence-corrected chi connectivity index (χ4v) is 5.42. The van der Waals surface area contributed by atoms with E-state index in [-0.39, 0.29) is 23.3 Å². The minimum atomic E-state index is -1.28. The molecule has 1 fully saturated rings. The number of non-ortho nitro benzene ring substituents is 1. The van der Waals surface area contributed by atoms with Crippen LogP contribution in [0.2, 0.25) is 5.02 Å². The molecule has 1 saturated heterocycles. The maximum atomic E-state index is 14.0. The predicted molar refractivity (Wildman–Crippen MR) is 122 cm³/mol. The van der Waals surface area contributed by atoms with Gasteiger partial charge in [0.1, 0.15) is 5.54 Å². The molecule has 0 bridgehead atoms. The maximum Gasteiger partial charge on any atom is 0.269 e. The first kappa shape index (κ1) is 21.2. The second-order valence-corrected chi connectivity index (χ2v) is 8.77. The number of nitro groups is 1. The summed E-state index contributed by atoms with van der Waals surface area (Å²) in [4.78, 5) is 44.2. The number of pyridine rings is 1. The van der Waals surface area contributed by atoms with Crippen molar-refractivity contribution >= 4 is 34.7 Å². The number of Topliss-reactive ketones (excluding diaryl/α,β-unsaturated/α-hetero) is 1. The number of fused-ring (bicyclic) bond motifs is 2. The van der Waals surface area contributed by atoms with E-state index in [1.54, 1.807) is 48.7 Å². The van der Waals surface area contributed by atoms with Crippen LogP contribution in [-0.4, -0.2) is 40.1 Å². The average molecular weight is 463 g/mol. The summed E-state index contributed by atoms with van der Waals surface area (Å²) in [5.41, 5.74) is 1.09. The second kappa shape index (κ2) is 7.75. The van der Waals surface area contributed by atoms with Crippen molar-refractivity contribution in [2.75, 3.05) is 18.9 Å². The number of ketones is 1. The second-order valence-electron chi connectivity index (χ2n) is 8.33. The molecule has 3 heterocycles. The van der Waals surface area contributed by atoms with E-state index in [1.807, 2.05) is 11.9 Å². The molecule has 5 rings (SSSR count). The van der Waals surface area contributed by atoms with Crippen molar-refractivity contribution in [3.05, 3.63) is 98.8 Å². The van der Waals surface area contributed by atoms with Gasteiger partial charge in [0.15, 0.2) is 5.78 Å². The van der Waals surface area contributed by atoms with Crippen molar-refractivity contribution in [2.45, 2.75) is 11.5 Å². The Labute approximate surface area is 194 Å². The number of likely N-dealkylation sites (tertiary alicyclic amines) is 1. The lowest BCUT2D eigenvalue weighted by atomic mass is 9.70. The van der Waals surface area contributed by atoms with Crippen LogP contribution < -0.4 is 5.32 Å². The molecule has 2 aromatic carbocycles. The Hall–Kier alpha value is -3.62. The van der Waals surface area contributed by atoms with Crippen molar-refractivity contribution < 1.29 is 14.5 Å². The van der Waals surface area contributed by atoms with Crippen LogP contribution in [0, 0.1) is 16.0 Å². The van der Waals surface area contributed by atoms with E-state index in [2.05, 4.69) is 10.3 Å². The van der Waals surface area contributed by atoms with Crippen LogP contribution in [0.15, 0.2) is 67.0 Å². The molecule has 0 radical (unpaired) electrons. The Balaban J connectivity index is 1.71. The number of carbonyl (C=O) groups excluding carboxylic acids is 2. The SMILES string of the molecule is CN1C[C@H](c2ccc([N+](=O)[O-])cc2)[C@H](C(=O)c2cccnc2)[C@]12C(=O)Nc1ccc(Cl)cc12. The first-order valence-electron chi connectivity index (χ1n) is 10.4. The molecular weight excluding hydrogens is 444 g/mol. The van der Waals surface area contributed by atoms with Gasteiger partial charge in [-0.05, 0) is 42.9 Å². The Bertz CT molecular complexity index is 1280. The molecule has 33 heavy (non-hydrogen) atoms. The number of nitrogens with one attached hydrogen (secondary N) is 1. The van der Waals surface area contributed by atoms with E-state index >= 15 is 0 Å². The first-order valence-corrected chi connectivity index (χ1v) is 10.7. The summed E-state index contributed by atoms with van der Waals surface area (Å²) in [5.74, 6) is -1.71. The molecule has 0 saturated carbocycles. The number of nitro benzene ring substituents is 1. The highest BCUT2D eigenvalue weighted by Crippen LogP contribution is 2.56. The summed E-state index contributed by atoms with van der Waals surface area (Å²) in [5, 5.41) is 14.5. The molecule has 3 aromatic rings. The summed E-state index contributed by atoms with van der Waals surface area (Å²) in [6.45, 7) is 0.397. The van der Waals surface area contributed by atoms with Crippen LogP contribution in [0.5, 0.6) is 0 Å². The minimum absolute atomic E-state index is 0.0364. The highest BCUT2D eigenvalue weighted by Gasteiger charge is 2.64. The van der Waals surface area contributed by atoms with Gasteiger partial charge in [-0.25, -0.2) is 0 Å². The van der Waals surface area contributed by atoms with Gasteiger partial charge >= 0.3 is 0 Å². The van der Waals surface area contributed by atoms with Gasteiger partial charge < -0.3 is 5.32 Å². The van der Waals surface area contributed by atoms with Gasteiger partial charge in [-0.3, -0.25) is 29.6 Å². The summed E-state index contributed by atoms with van der Waals surface area (Å²) in [6.07, 6.45) is 3.07. The zero-order valence-electron chi connectivity index (χ0n) is 17.6. The van der Waals surface area contributed by atoms with Crippen LogP contribution in [0.25, 0.3) is 0 Å². The smallest absolute Gasteiger partial charge is 0.269 e. The third-order valence-corrected chi connectivity index (χ3v) is 6.91. The molecule has 1 amide bonds. The van der Waals surface area contributed by atoms with Crippen LogP contribution in [0.3, 0.4) is 0 Å². The predicted octanol–water partition coefficient (Wildman–Crippen LogP) is 4.02. The Kier molecular flexibility index (Phi) is 4.99. The topological polar surface area (TPSA) is 105 Å². The highest BCUT2D eigenvalue weighted by atomic mass is 35.5. The molecule has 1 spiro atoms. The Morgan fingerprint density at radius 1 is 1.24 bits per heavy atom. The van der Waals surface area contributed by atoms with Crippen molar-refractivity contribution in [1.82, 2.24) is 9.88 Å². The summed E-state index contributed by atoms with van der Waals surface area (Å²) >= 11 is 6.31. The van der Waals surface area contributed by atoms with Crippen molar-refractivity contribution in [3.8, 4) is 0 Å². The van der Waals surface area contributed by atoms with Gasteiger partial charge in [-0.15, -0.1) is 0 Å². The van der Waals surface area contributed by atoms with Gasteiger partial charge in [-0.2, -0.15) is 0 Å². The third-order valence-electron chi connectivity index (χ3n) is 6.67. The highest BCUT2D eigenvalue weighted by molar-refractivity contribution is 6.31. The summed E-state index contributed by atoms with van der Waals surface area (Å²) < 4.78 is 0. The number of nitrogens with zero attached hydrogens (tertiary/aromatic N) is 3. The largest absolute Gasteiger partial charge is 0.324 e. The third kappa shape index (κ3) is 3.13. The molecule has 3 atom stereocenters. The number of amides is 1. The number of benzene rings is 2. The Morgan fingerprint density at radius 2 is 2.00 bits per heavy atom. The molecule has 8 nitrogen and oxygen atoms in total. The monoisotopic (exact) mass is 462 g/mol. The number of likely N-dealkylation sites (N-methyl/N-ethyl adjacent to an activating group) is 1. The van der Waals surface area contributed by atoms with E-state index in [4.69, 9.17) is 11.6 Å². The molecule has 2 aliphatic heterocycles. The lowest BCUT2D eigenvalue weighted by Crippen LogP contribution is -2.51. The fraction of sp³-hybridized carbons (Fsp3) is 0.208. The van der Waals surface area contributed by atoms with Crippen LogP contribution in [-0.2, 0) is 10.3 Å². The van der Waals surface area contributed by atoms with Gasteiger partial charge in [0.2, 0.25) is 5.91 Å². The number of halogens is 1. The van der Waals surface area contributed by atoms with Gasteiger partial charge in [0.25, 0.3) is 5.69 Å². The van der Waals surface area contributed by atoms with Gasteiger partial charge in [0, 0.05) is 58.8 Å². The van der Waals surface area contributed by atoms with E-state index in [0.29, 0.717) is 28.4 Å². The lowest BCUT2D eigenvalue weighted by molar-refractivity contribution is -0.384. The number of hydrogen-bond acceptors (Lipinski definition) is 6. The van der Waals surface area contributed by atoms with Crippen LogP contribution >= 0.6 is 11.6 Å². The van der Waals surface area contributed by atoms with Gasteiger partial charge in [0.05, 0.1) is 10.8 Å². The van der Waals surface area contributed by atoms with Gasteiger partial charge in [-0.1, -0.05) is 23.7 Å². The standard InChI is InChI=1S/C24H19ClN4O4/c1-28-13-18(14-4-7-17(8-5-14)29(32)33)21(22(30)15-3-2-10-26-12-15)24(28)19-11-16(25)6-9-20(19)27-23(24)31/h2-12,18,21H,13H2,1H3,(H,27,31)/t18-,21-,24-/m1/s1. The minimum Gasteiger partial charge on any atom is -0.324 e. The number of anilines is 1. The number of carbonyl (C=O) groups is 2. The molecule has 1 aromatic heterocycles. The van der Waals surface area contributed by atoms with Crippen molar-refractivity contribution in [2.24, 2.45) is 5.92 Å². The number of aromatic nitrogens is 1. The summed E-state index contributed by atoms with van der Waals surface area (Å²) in [6, 6.07) is 14.7. The quantitative estimate of drug-likeness (QED) is 0.356. The normalized spacial score (nSPS) is 24.0. The zero-order valence-corrected chi connectivity index (χ0v) is 18.3. The molecule has 166 valence electrons. The summed E-state index contributed by atoms with van der Waals surface area (Å²) in [7, 11) is 1.81. The molecular formula is C24H19ClN4O4. The zero-order chi connectivity index (χ0) is 23.3. The molecule has 9 heteroatoms. The van der Waals surface area contributed by atoms with E-state index in [1.165, 1.54) is 18.3 Å². The van der Waals surface area contributed by atoms with E-state index in [0.717, 1.165) is 5.56 Å². The van der Waals surface area contributed by atoms with Crippen LogP contribution in [0.1, 0.15) is 27.4 Å². The van der Waals surface area contributed by atoms with Crippen LogP contribution in [0.4, 0.5) is 11.4 Å². The van der Waals surface area contributed by atoms with Crippen molar-refractivity contribution in [1.29, 1.82) is 0 Å². The molecule has 1 N–H and O–H groups in total. The van der Waals surface area contributed by atoms with Crippen molar-refractivity contribution in [3.63, 3.8) is 0 Å². The lowest BCUT2D eigenvalue weighted by Gasteiger charge is -2.35. The maximum absolute atomic E-state index is 14.0. The average Bonchev–Trinajstić information content (AvgIpc) is 3.29. The Morgan fingerprint density at radius 3 is 2.67 bits per heavy atom. The number of rotatable bonds is 4.